The van der Waals surface area contributed by atoms with Crippen molar-refractivity contribution in [1.82, 2.24) is 10.6 Å². The maximum absolute atomic E-state index is 12.8. The Hall–Kier alpha value is -5.40. The Morgan fingerprint density at radius 3 is 1.15 bits per heavy atom. The molecule has 0 bridgehead atoms. The Morgan fingerprint density at radius 1 is 0.609 bits per heavy atom. The second kappa shape index (κ2) is 18.4. The molecule has 0 radical (unpaired) electrons. The maximum Gasteiger partial charge on any atom is 0.408 e. The molecule has 0 unspecified atom stereocenters. The average molecular weight is 645 g/mol. The molecule has 46 heavy (non-hydrogen) atoms. The van der Waals surface area contributed by atoms with Gasteiger partial charge in [-0.2, -0.15) is 0 Å². The van der Waals surface area contributed by atoms with Gasteiger partial charge < -0.3 is 39.1 Å². The molecule has 0 atom stereocenters. The van der Waals surface area contributed by atoms with Gasteiger partial charge in [-0.25, -0.2) is 28.8 Å². The molecule has 0 heterocycles. The number of alkyl carbamates (subject to hydrolysis) is 2. The van der Waals surface area contributed by atoms with E-state index in [2.05, 4.69) is 36.9 Å². The molecule has 2 N–H and O–H groups in total. The summed E-state index contributed by atoms with van der Waals surface area (Å²) in [5, 5.41) is 5.43. The van der Waals surface area contributed by atoms with Crippen molar-refractivity contribution in [3.05, 3.63) is 86.0 Å². The number of carbonyl (C=O) groups excluding carboxylic acids is 6. The summed E-state index contributed by atoms with van der Waals surface area (Å²) in [5.41, 5.74) is -0.829. The van der Waals surface area contributed by atoms with E-state index in [4.69, 9.17) is 28.4 Å². The molecule has 250 valence electrons. The summed E-state index contributed by atoms with van der Waals surface area (Å²) in [4.78, 5) is 71.6. The molecular weight excluding hydrogens is 604 g/mol. The van der Waals surface area contributed by atoms with E-state index < -0.39 is 85.8 Å². The third-order valence-corrected chi connectivity index (χ3v) is 6.00. The van der Waals surface area contributed by atoms with Crippen LogP contribution in [0.5, 0.6) is 0 Å². The summed E-state index contributed by atoms with van der Waals surface area (Å²) in [5.74, 6) is -3.04. The second-order valence-electron chi connectivity index (χ2n) is 10.5. The Kier molecular flexibility index (Phi) is 15.5. The lowest BCUT2D eigenvalue weighted by Gasteiger charge is -2.31. The third kappa shape index (κ3) is 13.9. The van der Waals surface area contributed by atoms with E-state index in [0.717, 1.165) is 24.3 Å². The number of rotatable bonds is 18. The minimum absolute atomic E-state index is 0.400. The van der Waals surface area contributed by atoms with E-state index in [1.165, 1.54) is 0 Å². The Morgan fingerprint density at radius 2 is 0.891 bits per heavy atom. The number of hydrogen-bond donors (Lipinski definition) is 2. The van der Waals surface area contributed by atoms with Gasteiger partial charge in [0.2, 0.25) is 0 Å². The molecule has 0 aliphatic carbocycles. The highest BCUT2D eigenvalue weighted by Gasteiger charge is 2.30. The topological polar surface area (TPSA) is 182 Å². The summed E-state index contributed by atoms with van der Waals surface area (Å²) in [6.07, 6.45) is -0.337. The third-order valence-electron chi connectivity index (χ3n) is 6.00. The summed E-state index contributed by atoms with van der Waals surface area (Å²) < 4.78 is 30.4. The molecule has 1 aromatic carbocycles. The van der Waals surface area contributed by atoms with Gasteiger partial charge >= 0.3 is 36.1 Å². The number of esters is 4. The highest BCUT2D eigenvalue weighted by atomic mass is 16.6. The van der Waals surface area contributed by atoms with Gasteiger partial charge in [0, 0.05) is 24.3 Å². The summed E-state index contributed by atoms with van der Waals surface area (Å²) in [6.45, 7) is 18.4. The van der Waals surface area contributed by atoms with Crippen LogP contribution in [0.15, 0.2) is 74.9 Å². The molecule has 0 spiro atoms. The monoisotopic (exact) mass is 644 g/mol. The van der Waals surface area contributed by atoms with Crippen molar-refractivity contribution in [1.29, 1.82) is 0 Å². The Bertz CT molecular complexity index is 1170. The molecular formula is C32H40N2O12. The van der Waals surface area contributed by atoms with E-state index >= 15 is 0 Å². The number of carbonyl (C=O) groups is 6. The zero-order valence-electron chi connectivity index (χ0n) is 26.3. The molecule has 0 aliphatic heterocycles. The van der Waals surface area contributed by atoms with Gasteiger partial charge in [-0.1, -0.05) is 50.6 Å². The quantitative estimate of drug-likeness (QED) is 0.135. The predicted molar refractivity (Wildman–Crippen MR) is 164 cm³/mol. The van der Waals surface area contributed by atoms with E-state index in [1.807, 2.05) is 0 Å². The zero-order chi connectivity index (χ0) is 34.9. The molecule has 0 aliphatic rings. The number of amides is 2. The lowest BCUT2D eigenvalue weighted by molar-refractivity contribution is -0.147. The number of hydrogen-bond acceptors (Lipinski definition) is 12. The van der Waals surface area contributed by atoms with Gasteiger partial charge in [-0.3, -0.25) is 0 Å². The van der Waals surface area contributed by atoms with Crippen molar-refractivity contribution in [3.8, 4) is 0 Å². The molecule has 0 aromatic heterocycles. The molecule has 0 fully saturated rings. The van der Waals surface area contributed by atoms with E-state index in [9.17, 15) is 28.8 Å². The predicted octanol–water partition coefficient (Wildman–Crippen LogP) is 3.26. The van der Waals surface area contributed by atoms with E-state index in [1.54, 1.807) is 52.0 Å². The van der Waals surface area contributed by atoms with Gasteiger partial charge in [-0.15, -0.1) is 0 Å². The van der Waals surface area contributed by atoms with Crippen LogP contribution in [-0.2, 0) is 58.7 Å². The highest BCUT2D eigenvalue weighted by molar-refractivity contribution is 5.82. The molecule has 14 heteroatoms. The fourth-order valence-corrected chi connectivity index (χ4v) is 3.48. The molecule has 0 saturated carbocycles. The standard InChI is InChI=1S/C32H40N2O12/c1-9-25(35)41-17-23(18-42-26(36)10-2)45-29(39)33-31(5,6)21-14-13-15-22(16-21)32(7,8)34-30(40)46-24(19-43-27(37)11-3)20-44-28(38)12-4/h9-16,23-24H,1-4,17-20H2,5-8H3,(H,33,39)(H,34,40). The normalized spacial score (nSPS) is 10.9. The number of nitrogens with one attached hydrogen (secondary N) is 2. The summed E-state index contributed by atoms with van der Waals surface area (Å²) >= 11 is 0. The fourth-order valence-electron chi connectivity index (χ4n) is 3.48. The van der Waals surface area contributed by atoms with E-state index in [-0.39, 0.29) is 0 Å². The summed E-state index contributed by atoms with van der Waals surface area (Å²) in [7, 11) is 0. The first-order chi connectivity index (χ1) is 21.6. The molecule has 0 saturated heterocycles. The van der Waals surface area contributed by atoms with Crippen molar-refractivity contribution in [2.24, 2.45) is 0 Å². The van der Waals surface area contributed by atoms with Crippen LogP contribution in [0.25, 0.3) is 0 Å². The Balaban J connectivity index is 3.01. The van der Waals surface area contributed by atoms with Gasteiger partial charge in [0.15, 0.2) is 12.2 Å². The first-order valence-corrected chi connectivity index (χ1v) is 13.8. The minimum atomic E-state index is -1.13. The van der Waals surface area contributed by atoms with Gasteiger partial charge in [-0.05, 0) is 38.8 Å². The molecule has 1 aromatic rings. The van der Waals surface area contributed by atoms with Gasteiger partial charge in [0.25, 0.3) is 0 Å². The SMILES string of the molecule is C=CC(=O)OCC(COC(=O)C=C)OC(=O)NC(C)(C)c1cccc(C(C)(C)NC(=O)OC(COC(=O)C=C)COC(=O)C=C)c1. The first kappa shape index (κ1) is 38.6. The van der Waals surface area contributed by atoms with E-state index in [0.29, 0.717) is 11.1 Å². The molecule has 2 amide bonds. The second-order valence-corrected chi connectivity index (χ2v) is 10.5. The zero-order valence-corrected chi connectivity index (χ0v) is 26.3. The highest BCUT2D eigenvalue weighted by Crippen LogP contribution is 2.27. The maximum atomic E-state index is 12.8. The van der Waals surface area contributed by atoms with Crippen molar-refractivity contribution in [2.45, 2.75) is 51.0 Å². The molecule has 14 nitrogen and oxygen atoms in total. The first-order valence-electron chi connectivity index (χ1n) is 13.8. The van der Waals surface area contributed by atoms with Crippen LogP contribution >= 0.6 is 0 Å². The fraction of sp³-hybridized carbons (Fsp3) is 0.375. The molecule has 1 rings (SSSR count). The Labute approximate surface area is 267 Å². The van der Waals surface area contributed by atoms with Crippen LogP contribution in [0.1, 0.15) is 38.8 Å². The van der Waals surface area contributed by atoms with Crippen LogP contribution in [0.4, 0.5) is 9.59 Å². The number of ether oxygens (including phenoxy) is 6. The largest absolute Gasteiger partial charge is 0.458 e. The van der Waals surface area contributed by atoms with Gasteiger partial charge in [0.05, 0.1) is 11.1 Å². The van der Waals surface area contributed by atoms with Crippen LogP contribution < -0.4 is 10.6 Å². The average Bonchev–Trinajstić information content (AvgIpc) is 3.02. The van der Waals surface area contributed by atoms with Gasteiger partial charge in [0.1, 0.15) is 26.4 Å². The minimum Gasteiger partial charge on any atom is -0.458 e. The van der Waals surface area contributed by atoms with Crippen LogP contribution in [0.2, 0.25) is 0 Å². The van der Waals surface area contributed by atoms with Crippen molar-refractivity contribution < 1.29 is 57.2 Å². The lowest BCUT2D eigenvalue weighted by Crippen LogP contribution is -2.45. The van der Waals surface area contributed by atoms with Crippen LogP contribution in [0.3, 0.4) is 0 Å². The lowest BCUT2D eigenvalue weighted by atomic mass is 9.87. The van der Waals surface area contributed by atoms with Crippen LogP contribution in [0, 0.1) is 0 Å². The summed E-state index contributed by atoms with van der Waals surface area (Å²) in [6, 6.07) is 6.94. The number of benzene rings is 1. The van der Waals surface area contributed by atoms with Crippen molar-refractivity contribution in [2.75, 3.05) is 26.4 Å². The van der Waals surface area contributed by atoms with Crippen molar-refractivity contribution in [3.63, 3.8) is 0 Å². The van der Waals surface area contributed by atoms with Crippen molar-refractivity contribution >= 4 is 36.1 Å². The van der Waals surface area contributed by atoms with Crippen LogP contribution in [-0.4, -0.2) is 74.7 Å². The smallest absolute Gasteiger partial charge is 0.408 e.